The molecule has 0 aromatic heterocycles. The van der Waals surface area contributed by atoms with Gasteiger partial charge in [0.05, 0.1) is 0 Å². The van der Waals surface area contributed by atoms with E-state index < -0.39 is 6.16 Å². The van der Waals surface area contributed by atoms with Gasteiger partial charge >= 0.3 is 43.9 Å². The summed E-state index contributed by atoms with van der Waals surface area (Å²) in [4.78, 5) is 8.56. The monoisotopic (exact) mass is 138 g/mol. The molecule has 0 saturated carbocycles. The molecule has 0 spiro atoms. The number of hydrogen-bond donors (Lipinski definition) is 2. The second-order valence-electron chi connectivity index (χ2n) is 0.283. The van der Waals surface area contributed by atoms with E-state index in [4.69, 9.17) is 15.0 Å². The molecule has 0 rings (SSSR count). The predicted octanol–water partition coefficient (Wildman–Crippen LogP) is -0.581. The van der Waals surface area contributed by atoms with Gasteiger partial charge in [-0.05, 0) is 0 Å². The summed E-state index contributed by atoms with van der Waals surface area (Å²) in [5.41, 5.74) is 0. The maximum absolute atomic E-state index is 8.56. The molecule has 36 valence electrons. The fourth-order valence-electron chi connectivity index (χ4n) is 0. The topological polar surface area (TPSA) is 57.5 Å². The van der Waals surface area contributed by atoms with Gasteiger partial charge in [0.25, 0.3) is 0 Å². The van der Waals surface area contributed by atoms with Gasteiger partial charge in [0, 0.05) is 0 Å². The van der Waals surface area contributed by atoms with Gasteiger partial charge in [-0.2, -0.15) is 13.5 Å². The Labute approximate surface area is 71.8 Å². The summed E-state index contributed by atoms with van der Waals surface area (Å²) in [6.07, 6.45) is -1.83. The van der Waals surface area contributed by atoms with E-state index in [0.717, 1.165) is 0 Å². The quantitative estimate of drug-likeness (QED) is 0.440. The van der Waals surface area contributed by atoms with Gasteiger partial charge in [-0.3, -0.25) is 0 Å². The molecular formula is CH6CaO3S. The molecule has 0 aromatic carbocycles. The predicted molar refractivity (Wildman–Crippen MR) is 29.6 cm³/mol. The van der Waals surface area contributed by atoms with Crippen LogP contribution >= 0.6 is 13.5 Å². The molecule has 0 unspecified atom stereocenters. The SMILES string of the molecule is O=C(O)O.S.[CaH2]. The summed E-state index contributed by atoms with van der Waals surface area (Å²) < 4.78 is 0. The summed E-state index contributed by atoms with van der Waals surface area (Å²) in [5.74, 6) is 0. The van der Waals surface area contributed by atoms with Crippen LogP contribution in [0.3, 0.4) is 0 Å². The van der Waals surface area contributed by atoms with Crippen molar-refractivity contribution in [3.63, 3.8) is 0 Å². The van der Waals surface area contributed by atoms with Gasteiger partial charge in [0.1, 0.15) is 0 Å². The molecule has 3 nitrogen and oxygen atoms in total. The fourth-order valence-corrected chi connectivity index (χ4v) is 0. The molecule has 0 atom stereocenters. The van der Waals surface area contributed by atoms with E-state index >= 15 is 0 Å². The first-order valence-electron chi connectivity index (χ1n) is 0.651. The number of carboxylic acid groups (broad SMARTS) is 2. The summed E-state index contributed by atoms with van der Waals surface area (Å²) >= 11 is 0. The fraction of sp³-hybridized carbons (Fsp3) is 0. The van der Waals surface area contributed by atoms with E-state index in [9.17, 15) is 0 Å². The standard InChI is InChI=1S/CH2O3.Ca.H2S.2H/c2-1(3)4;;;;/h(H2,2,3,4);;1H2;;. The third-order valence-corrected chi connectivity index (χ3v) is 0. The molecule has 5 heteroatoms. The minimum absolute atomic E-state index is 0. The van der Waals surface area contributed by atoms with E-state index in [1.54, 1.807) is 0 Å². The second kappa shape index (κ2) is 9.30. The Morgan fingerprint density at radius 1 is 1.33 bits per heavy atom. The summed E-state index contributed by atoms with van der Waals surface area (Å²) in [6.45, 7) is 0. The van der Waals surface area contributed by atoms with E-state index in [1.807, 2.05) is 0 Å². The number of carbonyl (C=O) groups is 1. The van der Waals surface area contributed by atoms with Crippen molar-refractivity contribution in [3.05, 3.63) is 0 Å². The first-order valence-corrected chi connectivity index (χ1v) is 0.651. The Hall–Kier alpha value is 0.880. The number of hydrogen-bond acceptors (Lipinski definition) is 1. The maximum atomic E-state index is 8.56. The Balaban J connectivity index is -0.0000000450. The minimum atomic E-state index is -1.83. The summed E-state index contributed by atoms with van der Waals surface area (Å²) in [6, 6.07) is 0. The normalized spacial score (nSPS) is 4.00. The number of rotatable bonds is 0. The molecule has 0 aromatic rings. The van der Waals surface area contributed by atoms with E-state index in [1.165, 1.54) is 0 Å². The zero-order valence-electron chi connectivity index (χ0n) is 2.30. The van der Waals surface area contributed by atoms with Gasteiger partial charge in [-0.25, -0.2) is 4.79 Å². The molecule has 0 radical (unpaired) electrons. The van der Waals surface area contributed by atoms with Crippen molar-refractivity contribution < 1.29 is 15.0 Å². The van der Waals surface area contributed by atoms with Gasteiger partial charge < -0.3 is 10.2 Å². The Bertz CT molecular complexity index is 33.8. The zero-order chi connectivity index (χ0) is 3.58. The second-order valence-corrected chi connectivity index (χ2v) is 0.283. The van der Waals surface area contributed by atoms with Crippen molar-refractivity contribution in [2.75, 3.05) is 0 Å². The van der Waals surface area contributed by atoms with Crippen molar-refractivity contribution in [1.82, 2.24) is 0 Å². The van der Waals surface area contributed by atoms with Gasteiger partial charge in [-0.1, -0.05) is 0 Å². The van der Waals surface area contributed by atoms with Gasteiger partial charge in [-0.15, -0.1) is 0 Å². The average Bonchev–Trinajstić information content (AvgIpc) is 0.811. The summed E-state index contributed by atoms with van der Waals surface area (Å²) in [7, 11) is 0. The van der Waals surface area contributed by atoms with Crippen LogP contribution in [-0.4, -0.2) is 54.1 Å². The first kappa shape index (κ1) is 15.8. The van der Waals surface area contributed by atoms with Crippen molar-refractivity contribution in [2.45, 2.75) is 0 Å². The molecule has 0 amide bonds. The van der Waals surface area contributed by atoms with Crippen LogP contribution in [0.2, 0.25) is 0 Å². The van der Waals surface area contributed by atoms with Crippen LogP contribution in [0.5, 0.6) is 0 Å². The molecule has 0 aliphatic rings. The van der Waals surface area contributed by atoms with Crippen molar-refractivity contribution in [2.24, 2.45) is 0 Å². The molecule has 0 aliphatic carbocycles. The molecule has 2 N–H and O–H groups in total. The van der Waals surface area contributed by atoms with Crippen molar-refractivity contribution in [1.29, 1.82) is 0 Å². The Morgan fingerprint density at radius 3 is 1.33 bits per heavy atom. The van der Waals surface area contributed by atoms with Crippen LogP contribution in [-0.2, 0) is 0 Å². The zero-order valence-corrected chi connectivity index (χ0v) is 3.30. The third-order valence-electron chi connectivity index (χ3n) is 0. The van der Waals surface area contributed by atoms with Crippen LogP contribution < -0.4 is 0 Å². The Morgan fingerprint density at radius 2 is 1.33 bits per heavy atom. The van der Waals surface area contributed by atoms with Crippen LogP contribution in [0.25, 0.3) is 0 Å². The molecule has 0 aliphatic heterocycles. The van der Waals surface area contributed by atoms with Crippen LogP contribution in [0.1, 0.15) is 0 Å². The molecule has 0 heterocycles. The van der Waals surface area contributed by atoms with Gasteiger partial charge in [0.2, 0.25) is 0 Å². The van der Waals surface area contributed by atoms with Crippen molar-refractivity contribution in [3.8, 4) is 0 Å². The van der Waals surface area contributed by atoms with E-state index in [-0.39, 0.29) is 51.2 Å². The molecule has 0 saturated heterocycles. The first-order chi connectivity index (χ1) is 1.73. The van der Waals surface area contributed by atoms with E-state index in [0.29, 0.717) is 0 Å². The average molecular weight is 138 g/mol. The van der Waals surface area contributed by atoms with Crippen molar-refractivity contribution >= 4 is 57.4 Å². The molecular weight excluding hydrogens is 132 g/mol. The van der Waals surface area contributed by atoms with Crippen LogP contribution in [0.4, 0.5) is 4.79 Å². The molecule has 0 fully saturated rings. The molecule has 0 bridgehead atoms. The Kier molecular flexibility index (Phi) is 24.5. The van der Waals surface area contributed by atoms with Gasteiger partial charge in [0.15, 0.2) is 0 Å². The van der Waals surface area contributed by atoms with Crippen LogP contribution in [0.15, 0.2) is 0 Å². The van der Waals surface area contributed by atoms with E-state index in [2.05, 4.69) is 0 Å². The third kappa shape index (κ3) is 94.9. The summed E-state index contributed by atoms with van der Waals surface area (Å²) in [5, 5.41) is 13.9. The van der Waals surface area contributed by atoms with Crippen LogP contribution in [0, 0.1) is 0 Å². The molecule has 6 heavy (non-hydrogen) atoms.